The number of nitrogen functional groups attached to an aromatic ring is 1. The van der Waals surface area contributed by atoms with E-state index in [4.69, 9.17) is 5.84 Å². The van der Waals surface area contributed by atoms with E-state index in [0.29, 0.717) is 6.04 Å². The molecule has 1 unspecified atom stereocenters. The number of aromatic nitrogens is 2. The lowest BCUT2D eigenvalue weighted by atomic mass is 10.1. The van der Waals surface area contributed by atoms with Crippen LogP contribution in [-0.4, -0.2) is 40.0 Å². The van der Waals surface area contributed by atoms with Crippen LogP contribution in [-0.2, 0) is 6.42 Å². The van der Waals surface area contributed by atoms with E-state index in [9.17, 15) is 0 Å². The first kappa shape index (κ1) is 13.6. The summed E-state index contributed by atoms with van der Waals surface area (Å²) in [7, 11) is 2.13. The molecule has 2 rings (SSSR count). The molecule has 0 aromatic carbocycles. The monoisotopic (exact) mass is 267 g/mol. The Balaban J connectivity index is 2.36. The summed E-state index contributed by atoms with van der Waals surface area (Å²) in [6, 6.07) is 0.292. The maximum Gasteiger partial charge on any atom is 0.149 e. The molecule has 1 fully saturated rings. The molecule has 1 aromatic rings. The summed E-state index contributed by atoms with van der Waals surface area (Å²) in [6.45, 7) is 5.20. The number of nitrogens with zero attached hydrogens (tertiary/aromatic N) is 3. The van der Waals surface area contributed by atoms with Gasteiger partial charge in [-0.3, -0.25) is 4.90 Å². The maximum atomic E-state index is 5.57. The van der Waals surface area contributed by atoms with Gasteiger partial charge in [0.1, 0.15) is 11.6 Å². The van der Waals surface area contributed by atoms with Crippen LogP contribution >= 0.6 is 11.8 Å². The van der Waals surface area contributed by atoms with E-state index in [1.165, 1.54) is 5.75 Å². The van der Waals surface area contributed by atoms with E-state index in [1.807, 2.05) is 18.7 Å². The van der Waals surface area contributed by atoms with Gasteiger partial charge in [0, 0.05) is 29.3 Å². The SMILES string of the molecule is CCc1c(C)nc(C2CSCCN2C)nc1NN. The quantitative estimate of drug-likeness (QED) is 0.636. The second kappa shape index (κ2) is 5.86. The van der Waals surface area contributed by atoms with Gasteiger partial charge in [0.2, 0.25) is 0 Å². The van der Waals surface area contributed by atoms with Crippen molar-refractivity contribution >= 4 is 17.6 Å². The second-order valence-electron chi connectivity index (χ2n) is 4.56. The molecule has 5 nitrogen and oxygen atoms in total. The first-order chi connectivity index (χ1) is 8.67. The van der Waals surface area contributed by atoms with Crippen LogP contribution in [0.25, 0.3) is 0 Å². The highest BCUT2D eigenvalue weighted by Crippen LogP contribution is 2.28. The highest BCUT2D eigenvalue weighted by molar-refractivity contribution is 7.99. The van der Waals surface area contributed by atoms with E-state index in [-0.39, 0.29) is 0 Å². The van der Waals surface area contributed by atoms with Crippen LogP contribution in [0.5, 0.6) is 0 Å². The van der Waals surface area contributed by atoms with Crippen LogP contribution in [0.3, 0.4) is 0 Å². The lowest BCUT2D eigenvalue weighted by Crippen LogP contribution is -2.34. The molecule has 2 heterocycles. The smallest absolute Gasteiger partial charge is 0.149 e. The number of hydrogen-bond donors (Lipinski definition) is 2. The number of anilines is 1. The van der Waals surface area contributed by atoms with E-state index < -0.39 is 0 Å². The second-order valence-corrected chi connectivity index (χ2v) is 5.71. The predicted octanol–water partition coefficient (Wildman–Crippen LogP) is 1.35. The van der Waals surface area contributed by atoms with Crippen LogP contribution in [0.1, 0.15) is 30.0 Å². The molecule has 0 aliphatic carbocycles. The zero-order valence-corrected chi connectivity index (χ0v) is 12.0. The Kier molecular flexibility index (Phi) is 4.42. The lowest BCUT2D eigenvalue weighted by Gasteiger charge is -2.31. The Morgan fingerprint density at radius 2 is 2.28 bits per heavy atom. The zero-order chi connectivity index (χ0) is 13.1. The molecule has 0 amide bonds. The maximum absolute atomic E-state index is 5.57. The van der Waals surface area contributed by atoms with Gasteiger partial charge in [-0.1, -0.05) is 6.92 Å². The molecule has 0 spiro atoms. The average molecular weight is 267 g/mol. The van der Waals surface area contributed by atoms with Crippen molar-refractivity contribution in [2.75, 3.05) is 30.5 Å². The molecule has 1 saturated heterocycles. The minimum atomic E-state index is 0.292. The van der Waals surface area contributed by atoms with Crippen LogP contribution in [0, 0.1) is 6.92 Å². The van der Waals surface area contributed by atoms with Crippen LogP contribution in [0.4, 0.5) is 5.82 Å². The van der Waals surface area contributed by atoms with Gasteiger partial charge in [-0.05, 0) is 20.4 Å². The van der Waals surface area contributed by atoms with E-state index in [2.05, 4.69) is 34.3 Å². The third kappa shape index (κ3) is 2.60. The first-order valence-electron chi connectivity index (χ1n) is 6.29. The van der Waals surface area contributed by atoms with Gasteiger partial charge in [0.05, 0.1) is 6.04 Å². The van der Waals surface area contributed by atoms with E-state index in [1.54, 1.807) is 0 Å². The van der Waals surface area contributed by atoms with Crippen molar-refractivity contribution in [2.24, 2.45) is 5.84 Å². The Morgan fingerprint density at radius 1 is 1.50 bits per heavy atom. The Hall–Kier alpha value is -0.850. The van der Waals surface area contributed by atoms with Crippen LogP contribution in [0.2, 0.25) is 0 Å². The van der Waals surface area contributed by atoms with Crippen molar-refractivity contribution in [3.8, 4) is 0 Å². The third-order valence-electron chi connectivity index (χ3n) is 3.42. The topological polar surface area (TPSA) is 67.1 Å². The van der Waals surface area contributed by atoms with Gasteiger partial charge in [0.25, 0.3) is 0 Å². The summed E-state index contributed by atoms with van der Waals surface area (Å²) in [5.74, 6) is 9.45. The molecule has 1 aromatic heterocycles. The highest BCUT2D eigenvalue weighted by Gasteiger charge is 2.25. The van der Waals surface area contributed by atoms with Gasteiger partial charge < -0.3 is 5.43 Å². The van der Waals surface area contributed by atoms with Crippen LogP contribution in [0.15, 0.2) is 0 Å². The molecule has 1 aliphatic heterocycles. The summed E-state index contributed by atoms with van der Waals surface area (Å²) in [6.07, 6.45) is 0.890. The number of nitrogens with two attached hydrogens (primary N) is 1. The van der Waals surface area contributed by atoms with Crippen LogP contribution < -0.4 is 11.3 Å². The number of rotatable bonds is 3. The zero-order valence-electron chi connectivity index (χ0n) is 11.2. The minimum absolute atomic E-state index is 0.292. The van der Waals surface area contributed by atoms with Crippen molar-refractivity contribution in [1.29, 1.82) is 0 Å². The molecule has 100 valence electrons. The fourth-order valence-corrected chi connectivity index (χ4v) is 3.48. The molecule has 1 atom stereocenters. The Bertz CT molecular complexity index is 423. The van der Waals surface area contributed by atoms with Crippen molar-refractivity contribution in [1.82, 2.24) is 14.9 Å². The summed E-state index contributed by atoms with van der Waals surface area (Å²) in [5.41, 5.74) is 4.84. The number of nitrogens with one attached hydrogen (secondary N) is 1. The number of hydrazine groups is 1. The Labute approximate surface area is 113 Å². The van der Waals surface area contributed by atoms with Crippen molar-refractivity contribution < 1.29 is 0 Å². The predicted molar refractivity (Wildman–Crippen MR) is 76.7 cm³/mol. The normalized spacial score (nSPS) is 21.0. The molecule has 0 bridgehead atoms. The number of aryl methyl sites for hydroxylation is 1. The lowest BCUT2D eigenvalue weighted by molar-refractivity contribution is 0.264. The summed E-state index contributed by atoms with van der Waals surface area (Å²) >= 11 is 1.96. The molecule has 0 radical (unpaired) electrons. The van der Waals surface area contributed by atoms with Crippen molar-refractivity contribution in [3.63, 3.8) is 0 Å². The average Bonchev–Trinajstić information content (AvgIpc) is 2.38. The number of hydrogen-bond acceptors (Lipinski definition) is 6. The highest BCUT2D eigenvalue weighted by atomic mass is 32.2. The molecular weight excluding hydrogens is 246 g/mol. The number of thioether (sulfide) groups is 1. The third-order valence-corrected chi connectivity index (χ3v) is 4.44. The Morgan fingerprint density at radius 3 is 2.89 bits per heavy atom. The fraction of sp³-hybridized carbons (Fsp3) is 0.667. The van der Waals surface area contributed by atoms with E-state index >= 15 is 0 Å². The standard InChI is InChI=1S/C12H21N5S/c1-4-9-8(2)14-12(15-11(9)16-13)10-7-18-6-5-17(10)3/h10H,4-7,13H2,1-3H3,(H,14,15,16). The first-order valence-corrected chi connectivity index (χ1v) is 7.44. The minimum Gasteiger partial charge on any atom is -0.308 e. The van der Waals surface area contributed by atoms with Crippen molar-refractivity contribution in [3.05, 3.63) is 17.1 Å². The fourth-order valence-electron chi connectivity index (χ4n) is 2.27. The largest absolute Gasteiger partial charge is 0.308 e. The molecule has 0 saturated carbocycles. The molecule has 18 heavy (non-hydrogen) atoms. The summed E-state index contributed by atoms with van der Waals surface area (Å²) in [4.78, 5) is 11.6. The summed E-state index contributed by atoms with van der Waals surface area (Å²) in [5, 5.41) is 0. The van der Waals surface area contributed by atoms with Gasteiger partial charge >= 0.3 is 0 Å². The van der Waals surface area contributed by atoms with Crippen molar-refractivity contribution in [2.45, 2.75) is 26.3 Å². The summed E-state index contributed by atoms with van der Waals surface area (Å²) < 4.78 is 0. The van der Waals surface area contributed by atoms with Gasteiger partial charge in [0.15, 0.2) is 0 Å². The van der Waals surface area contributed by atoms with E-state index in [0.717, 1.165) is 41.6 Å². The molecule has 1 aliphatic rings. The van der Waals surface area contributed by atoms with Gasteiger partial charge in [-0.15, -0.1) is 0 Å². The van der Waals surface area contributed by atoms with Gasteiger partial charge in [-0.25, -0.2) is 15.8 Å². The van der Waals surface area contributed by atoms with Gasteiger partial charge in [-0.2, -0.15) is 11.8 Å². The molecule has 3 N–H and O–H groups in total. The molecular formula is C12H21N5S. The molecule has 6 heteroatoms.